The molecule has 4 nitrogen and oxygen atoms in total. The van der Waals surface area contributed by atoms with Gasteiger partial charge in [-0.05, 0) is 30.3 Å². The number of sulfonamides is 1. The SMILES string of the molecule is Nc1ccc(S(=O)(=O)Nc2cc(Cl)c(Cl)cc2Cl)c(F)c1. The van der Waals surface area contributed by atoms with Crippen LogP contribution in [0.25, 0.3) is 0 Å². The van der Waals surface area contributed by atoms with Crippen LogP contribution in [-0.2, 0) is 10.0 Å². The molecule has 0 fully saturated rings. The van der Waals surface area contributed by atoms with E-state index in [1.807, 2.05) is 0 Å². The molecular formula is C12H8Cl3FN2O2S. The van der Waals surface area contributed by atoms with E-state index in [1.165, 1.54) is 18.2 Å². The zero-order valence-electron chi connectivity index (χ0n) is 10.2. The fourth-order valence-corrected chi connectivity index (χ4v) is 3.32. The standard InChI is InChI=1S/C12H8Cl3FN2O2S/c13-7-4-9(15)11(5-8(7)14)18-21(19,20)12-2-1-6(17)3-10(12)16/h1-5,18H,17H2. The number of anilines is 2. The lowest BCUT2D eigenvalue weighted by Gasteiger charge is -2.11. The third-order valence-corrected chi connectivity index (χ3v) is 4.93. The fourth-order valence-electron chi connectivity index (χ4n) is 1.54. The van der Waals surface area contributed by atoms with E-state index >= 15 is 0 Å². The average Bonchev–Trinajstić information content (AvgIpc) is 2.35. The number of rotatable bonds is 3. The van der Waals surface area contributed by atoms with Gasteiger partial charge in [-0.25, -0.2) is 12.8 Å². The van der Waals surface area contributed by atoms with E-state index in [2.05, 4.69) is 4.72 Å². The Morgan fingerprint density at radius 3 is 2.24 bits per heavy atom. The van der Waals surface area contributed by atoms with Gasteiger partial charge in [0.15, 0.2) is 0 Å². The van der Waals surface area contributed by atoms with Crippen molar-refractivity contribution >= 4 is 56.2 Å². The van der Waals surface area contributed by atoms with Gasteiger partial charge in [0.2, 0.25) is 0 Å². The summed E-state index contributed by atoms with van der Waals surface area (Å²) in [5.41, 5.74) is 5.47. The number of nitrogen functional groups attached to an aromatic ring is 1. The van der Waals surface area contributed by atoms with Gasteiger partial charge in [0.25, 0.3) is 10.0 Å². The summed E-state index contributed by atoms with van der Waals surface area (Å²) in [6.45, 7) is 0. The lowest BCUT2D eigenvalue weighted by molar-refractivity contribution is 0.571. The van der Waals surface area contributed by atoms with Crippen LogP contribution in [0.15, 0.2) is 35.2 Å². The Kier molecular flexibility index (Phi) is 4.53. The van der Waals surface area contributed by atoms with Crippen molar-refractivity contribution in [1.29, 1.82) is 0 Å². The van der Waals surface area contributed by atoms with Gasteiger partial charge >= 0.3 is 0 Å². The molecule has 0 unspecified atom stereocenters. The molecule has 0 aliphatic carbocycles. The number of halogens is 4. The van der Waals surface area contributed by atoms with E-state index in [1.54, 1.807) is 0 Å². The molecule has 0 aromatic heterocycles. The summed E-state index contributed by atoms with van der Waals surface area (Å²) in [4.78, 5) is -0.557. The third kappa shape index (κ3) is 3.52. The first kappa shape index (κ1) is 16.2. The molecule has 0 heterocycles. The molecule has 0 spiro atoms. The lowest BCUT2D eigenvalue weighted by Crippen LogP contribution is -2.15. The van der Waals surface area contributed by atoms with E-state index in [0.29, 0.717) is 0 Å². The van der Waals surface area contributed by atoms with Gasteiger partial charge in [-0.1, -0.05) is 34.8 Å². The van der Waals surface area contributed by atoms with Gasteiger partial charge in [0.1, 0.15) is 10.7 Å². The lowest BCUT2D eigenvalue weighted by atomic mass is 10.3. The summed E-state index contributed by atoms with van der Waals surface area (Å²) < 4.78 is 40.2. The van der Waals surface area contributed by atoms with E-state index in [0.717, 1.165) is 12.1 Å². The first-order valence-electron chi connectivity index (χ1n) is 5.43. The van der Waals surface area contributed by atoms with Crippen LogP contribution in [0.2, 0.25) is 15.1 Å². The Balaban J connectivity index is 2.45. The van der Waals surface area contributed by atoms with Crippen LogP contribution in [0, 0.1) is 5.82 Å². The maximum atomic E-state index is 13.7. The van der Waals surface area contributed by atoms with Gasteiger partial charge in [-0.2, -0.15) is 0 Å². The van der Waals surface area contributed by atoms with E-state index in [9.17, 15) is 12.8 Å². The average molecular weight is 370 g/mol. The molecule has 9 heteroatoms. The minimum atomic E-state index is -4.18. The first-order chi connectivity index (χ1) is 9.70. The summed E-state index contributed by atoms with van der Waals surface area (Å²) in [7, 11) is -4.18. The van der Waals surface area contributed by atoms with Crippen molar-refractivity contribution in [2.24, 2.45) is 0 Å². The molecule has 21 heavy (non-hydrogen) atoms. The highest BCUT2D eigenvalue weighted by Gasteiger charge is 2.21. The molecule has 0 radical (unpaired) electrons. The predicted molar refractivity (Wildman–Crippen MR) is 83.1 cm³/mol. The predicted octanol–water partition coefficient (Wildman–Crippen LogP) is 4.17. The Bertz CT molecular complexity index is 812. The van der Waals surface area contributed by atoms with E-state index in [4.69, 9.17) is 40.5 Å². The summed E-state index contributed by atoms with van der Waals surface area (Å²) >= 11 is 17.4. The normalized spacial score (nSPS) is 11.4. The fraction of sp³-hybridized carbons (Fsp3) is 0. The van der Waals surface area contributed by atoms with Crippen LogP contribution in [0.4, 0.5) is 15.8 Å². The Morgan fingerprint density at radius 2 is 1.62 bits per heavy atom. The molecule has 0 aliphatic rings. The number of nitrogens with two attached hydrogens (primary N) is 1. The van der Waals surface area contributed by atoms with Crippen molar-refractivity contribution in [1.82, 2.24) is 0 Å². The number of benzene rings is 2. The second-order valence-corrected chi connectivity index (χ2v) is 6.91. The molecule has 2 aromatic rings. The molecule has 3 N–H and O–H groups in total. The molecule has 2 rings (SSSR count). The molecule has 0 bridgehead atoms. The topological polar surface area (TPSA) is 72.2 Å². The maximum absolute atomic E-state index is 13.7. The van der Waals surface area contributed by atoms with Gasteiger partial charge in [0.05, 0.1) is 20.8 Å². The minimum Gasteiger partial charge on any atom is -0.399 e. The van der Waals surface area contributed by atoms with Crippen molar-refractivity contribution < 1.29 is 12.8 Å². The number of hydrogen-bond donors (Lipinski definition) is 2. The van der Waals surface area contributed by atoms with E-state index in [-0.39, 0.29) is 26.4 Å². The molecule has 112 valence electrons. The quantitative estimate of drug-likeness (QED) is 0.630. The second kappa shape index (κ2) is 5.88. The smallest absolute Gasteiger partial charge is 0.264 e. The summed E-state index contributed by atoms with van der Waals surface area (Å²) in [6, 6.07) is 5.75. The van der Waals surface area contributed by atoms with Crippen LogP contribution in [0.1, 0.15) is 0 Å². The summed E-state index contributed by atoms with van der Waals surface area (Å²) in [5, 5.41) is 0.309. The minimum absolute atomic E-state index is 0.0118. The molecule has 0 saturated heterocycles. The van der Waals surface area contributed by atoms with Crippen LogP contribution < -0.4 is 10.5 Å². The van der Waals surface area contributed by atoms with Crippen LogP contribution >= 0.6 is 34.8 Å². The monoisotopic (exact) mass is 368 g/mol. The Hall–Kier alpha value is -1.21. The zero-order valence-corrected chi connectivity index (χ0v) is 13.3. The highest BCUT2D eigenvalue weighted by Crippen LogP contribution is 2.33. The van der Waals surface area contributed by atoms with Crippen molar-refractivity contribution in [2.75, 3.05) is 10.5 Å². The van der Waals surface area contributed by atoms with Crippen LogP contribution in [-0.4, -0.2) is 8.42 Å². The highest BCUT2D eigenvalue weighted by molar-refractivity contribution is 7.92. The first-order valence-corrected chi connectivity index (χ1v) is 8.05. The molecule has 2 aromatic carbocycles. The zero-order chi connectivity index (χ0) is 15.8. The Labute approximate surface area is 135 Å². The summed E-state index contributed by atoms with van der Waals surface area (Å²) in [6.07, 6.45) is 0. The largest absolute Gasteiger partial charge is 0.399 e. The van der Waals surface area contributed by atoms with Gasteiger partial charge in [-0.3, -0.25) is 4.72 Å². The third-order valence-electron chi connectivity index (χ3n) is 2.50. The highest BCUT2D eigenvalue weighted by atomic mass is 35.5. The molecule has 0 atom stereocenters. The molecule has 0 aliphatic heterocycles. The maximum Gasteiger partial charge on any atom is 0.264 e. The van der Waals surface area contributed by atoms with Crippen LogP contribution in [0.5, 0.6) is 0 Å². The van der Waals surface area contributed by atoms with Gasteiger partial charge in [-0.15, -0.1) is 0 Å². The number of hydrogen-bond acceptors (Lipinski definition) is 3. The number of nitrogens with one attached hydrogen (secondary N) is 1. The van der Waals surface area contributed by atoms with Crippen molar-refractivity contribution in [3.63, 3.8) is 0 Å². The molecule has 0 amide bonds. The second-order valence-electron chi connectivity index (χ2n) is 4.04. The Morgan fingerprint density at radius 1 is 1.00 bits per heavy atom. The van der Waals surface area contributed by atoms with Crippen molar-refractivity contribution in [3.8, 4) is 0 Å². The summed E-state index contributed by atoms with van der Waals surface area (Å²) in [5.74, 6) is -0.973. The van der Waals surface area contributed by atoms with Crippen molar-refractivity contribution in [2.45, 2.75) is 4.90 Å². The van der Waals surface area contributed by atoms with E-state index < -0.39 is 20.7 Å². The van der Waals surface area contributed by atoms with Gasteiger partial charge in [0, 0.05) is 5.69 Å². The van der Waals surface area contributed by atoms with Gasteiger partial charge < -0.3 is 5.73 Å². The molecular weight excluding hydrogens is 362 g/mol. The van der Waals surface area contributed by atoms with Crippen molar-refractivity contribution in [3.05, 3.63) is 51.2 Å². The van der Waals surface area contributed by atoms with Crippen LogP contribution in [0.3, 0.4) is 0 Å². The molecule has 0 saturated carbocycles.